The van der Waals surface area contributed by atoms with E-state index in [0.717, 1.165) is 61.2 Å². The molecule has 7 heteroatoms. The molecule has 192 valence electrons. The Kier molecular flexibility index (Phi) is 7.47. The first kappa shape index (κ1) is 26.3. The summed E-state index contributed by atoms with van der Waals surface area (Å²) in [7, 11) is 0. The number of para-hydroxylation sites is 1. The van der Waals surface area contributed by atoms with Crippen molar-refractivity contribution in [1.82, 2.24) is 0 Å². The van der Waals surface area contributed by atoms with Crippen molar-refractivity contribution in [1.29, 1.82) is 5.26 Å². The van der Waals surface area contributed by atoms with Crippen LogP contribution in [0.4, 0.5) is 5.69 Å². The third kappa shape index (κ3) is 4.79. The molecule has 1 unspecified atom stereocenters. The van der Waals surface area contributed by atoms with E-state index in [9.17, 15) is 10.1 Å². The summed E-state index contributed by atoms with van der Waals surface area (Å²) in [6, 6.07) is 22.1. The molecule has 1 atom stereocenters. The fourth-order valence-corrected chi connectivity index (χ4v) is 6.08. The first-order chi connectivity index (χ1) is 18.3. The highest BCUT2D eigenvalue weighted by Gasteiger charge is 2.41. The second-order valence-electron chi connectivity index (χ2n) is 9.65. The maximum absolute atomic E-state index is 13.5. The molecule has 0 saturated carbocycles. The third-order valence-corrected chi connectivity index (χ3v) is 8.41. The van der Waals surface area contributed by atoms with Gasteiger partial charge in [-0.25, -0.2) is 0 Å². The Morgan fingerprint density at radius 2 is 1.82 bits per heavy atom. The molecule has 0 bridgehead atoms. The van der Waals surface area contributed by atoms with E-state index >= 15 is 0 Å². The number of hydrogen-bond donors (Lipinski definition) is 1. The van der Waals surface area contributed by atoms with Crippen molar-refractivity contribution >= 4 is 43.3 Å². The first-order valence-corrected chi connectivity index (χ1v) is 14.1. The molecule has 2 aliphatic rings. The first-order valence-electron chi connectivity index (χ1n) is 12.5. The average Bonchev–Trinajstić information content (AvgIpc) is 2.90. The lowest BCUT2D eigenvalue weighted by Crippen LogP contribution is -2.39. The number of ether oxygens (including phenoxy) is 1. The minimum atomic E-state index is -0.517. The van der Waals surface area contributed by atoms with Crippen molar-refractivity contribution in [2.45, 2.75) is 45.6 Å². The molecule has 1 heterocycles. The monoisotopic (exact) mass is 631 g/mol. The van der Waals surface area contributed by atoms with Crippen LogP contribution >= 0.6 is 31.9 Å². The number of nitriles is 1. The van der Waals surface area contributed by atoms with Gasteiger partial charge < -0.3 is 10.5 Å². The van der Waals surface area contributed by atoms with E-state index in [1.165, 1.54) is 0 Å². The third-order valence-electron chi connectivity index (χ3n) is 7.23. The predicted molar refractivity (Wildman–Crippen MR) is 156 cm³/mol. The van der Waals surface area contributed by atoms with Gasteiger partial charge in [0.1, 0.15) is 18.2 Å². The zero-order valence-corrected chi connectivity index (χ0v) is 24.4. The van der Waals surface area contributed by atoms with Crippen LogP contribution in [0, 0.1) is 25.2 Å². The summed E-state index contributed by atoms with van der Waals surface area (Å²) in [5.41, 5.74) is 13.5. The molecule has 0 spiro atoms. The topological polar surface area (TPSA) is 79.3 Å². The summed E-state index contributed by atoms with van der Waals surface area (Å²) in [4.78, 5) is 15.4. The van der Waals surface area contributed by atoms with Crippen LogP contribution in [0.1, 0.15) is 47.4 Å². The Morgan fingerprint density at radius 3 is 2.53 bits per heavy atom. The number of aryl methyl sites for hydroxylation is 1. The Morgan fingerprint density at radius 1 is 1.08 bits per heavy atom. The number of nitrogens with two attached hydrogens (primary N) is 1. The van der Waals surface area contributed by atoms with Gasteiger partial charge in [0.15, 0.2) is 5.78 Å². The minimum absolute atomic E-state index is 0.0746. The molecule has 3 aromatic carbocycles. The minimum Gasteiger partial charge on any atom is -0.488 e. The summed E-state index contributed by atoms with van der Waals surface area (Å²) >= 11 is 7.03. The maximum atomic E-state index is 13.5. The van der Waals surface area contributed by atoms with Crippen LogP contribution in [0.15, 0.2) is 92.3 Å². The fourth-order valence-electron chi connectivity index (χ4n) is 5.41. The number of carbonyl (C=O) groups is 1. The van der Waals surface area contributed by atoms with E-state index in [1.54, 1.807) is 0 Å². The van der Waals surface area contributed by atoms with E-state index in [2.05, 4.69) is 50.1 Å². The standard InChI is InChI=1S/C31H27Br2N3O2/c1-18-14-20(17-38-28-9-4-3-6-25(28)33)19(2)23(15-18)29-24(16-34)31(35)36(22-12-10-21(32)11-13-22)26-7-5-8-27(37)30(26)29/h3-4,6,9-15,29H,5,7-8,17,35H2,1-2H3. The van der Waals surface area contributed by atoms with Gasteiger partial charge >= 0.3 is 0 Å². The molecule has 0 aromatic heterocycles. The Bertz CT molecular complexity index is 1530. The number of hydrogen-bond acceptors (Lipinski definition) is 5. The van der Waals surface area contributed by atoms with Crippen molar-refractivity contribution in [3.63, 3.8) is 0 Å². The number of nitrogens with zero attached hydrogens (tertiary/aromatic N) is 2. The molecule has 1 aliphatic heterocycles. The van der Waals surface area contributed by atoms with E-state index in [-0.39, 0.29) is 5.78 Å². The van der Waals surface area contributed by atoms with Gasteiger partial charge in [-0.2, -0.15) is 5.26 Å². The molecule has 5 rings (SSSR count). The quantitative estimate of drug-likeness (QED) is 0.312. The molecular weight excluding hydrogens is 606 g/mol. The van der Waals surface area contributed by atoms with Crippen LogP contribution in [-0.2, 0) is 11.4 Å². The zero-order valence-electron chi connectivity index (χ0n) is 21.2. The van der Waals surface area contributed by atoms with Crippen molar-refractivity contribution in [2.24, 2.45) is 5.73 Å². The molecule has 1 aliphatic carbocycles. The summed E-state index contributed by atoms with van der Waals surface area (Å²) in [5.74, 6) is 0.689. The van der Waals surface area contributed by atoms with Gasteiger partial charge in [-0.1, -0.05) is 45.8 Å². The highest BCUT2D eigenvalue weighted by atomic mass is 79.9. The van der Waals surface area contributed by atoms with Gasteiger partial charge in [0.2, 0.25) is 0 Å². The smallest absolute Gasteiger partial charge is 0.161 e. The van der Waals surface area contributed by atoms with Crippen molar-refractivity contribution in [2.75, 3.05) is 4.90 Å². The number of carbonyl (C=O) groups excluding carboxylic acids is 1. The largest absolute Gasteiger partial charge is 0.488 e. The van der Waals surface area contributed by atoms with Crippen LogP contribution in [0.2, 0.25) is 0 Å². The van der Waals surface area contributed by atoms with Crippen LogP contribution in [-0.4, -0.2) is 5.78 Å². The summed E-state index contributed by atoms with van der Waals surface area (Å²) in [6.45, 7) is 4.42. The number of allylic oxidation sites excluding steroid dienone is 3. The molecule has 0 radical (unpaired) electrons. The Hall–Kier alpha value is -3.34. The number of ketones is 1. The zero-order chi connectivity index (χ0) is 27.0. The molecular formula is C31H27Br2N3O2. The van der Waals surface area contributed by atoms with Gasteiger partial charge in [-0.3, -0.25) is 9.69 Å². The highest BCUT2D eigenvalue weighted by molar-refractivity contribution is 9.10. The van der Waals surface area contributed by atoms with Crippen LogP contribution in [0.25, 0.3) is 0 Å². The molecule has 5 nitrogen and oxygen atoms in total. The summed E-state index contributed by atoms with van der Waals surface area (Å²) in [5, 5.41) is 10.4. The van der Waals surface area contributed by atoms with E-state index in [0.29, 0.717) is 30.0 Å². The maximum Gasteiger partial charge on any atom is 0.161 e. The lowest BCUT2D eigenvalue weighted by molar-refractivity contribution is -0.116. The molecule has 2 N–H and O–H groups in total. The summed E-state index contributed by atoms with van der Waals surface area (Å²) in [6.07, 6.45) is 1.94. The lowest BCUT2D eigenvalue weighted by atomic mass is 9.73. The van der Waals surface area contributed by atoms with Crippen molar-refractivity contribution < 1.29 is 9.53 Å². The van der Waals surface area contributed by atoms with Crippen LogP contribution in [0.5, 0.6) is 5.75 Å². The van der Waals surface area contributed by atoms with Gasteiger partial charge in [0.05, 0.1) is 22.0 Å². The molecule has 0 amide bonds. The second-order valence-corrected chi connectivity index (χ2v) is 11.4. The van der Waals surface area contributed by atoms with Gasteiger partial charge in [0.25, 0.3) is 0 Å². The Labute approximate surface area is 239 Å². The van der Waals surface area contributed by atoms with E-state index in [1.807, 2.05) is 67.3 Å². The fraction of sp³-hybridized carbons (Fsp3) is 0.226. The molecule has 0 saturated heterocycles. The van der Waals surface area contributed by atoms with Crippen molar-refractivity contribution in [3.8, 4) is 11.8 Å². The average molecular weight is 633 g/mol. The van der Waals surface area contributed by atoms with E-state index < -0.39 is 5.92 Å². The Balaban J connectivity index is 1.64. The molecule has 38 heavy (non-hydrogen) atoms. The number of benzene rings is 3. The molecule has 3 aromatic rings. The number of Topliss-reactive ketones (excluding diaryl/α,β-unsaturated/α-hetero) is 1. The van der Waals surface area contributed by atoms with Crippen LogP contribution in [0.3, 0.4) is 0 Å². The highest BCUT2D eigenvalue weighted by Crippen LogP contribution is 2.47. The van der Waals surface area contributed by atoms with Gasteiger partial charge in [-0.05, 0) is 95.7 Å². The predicted octanol–water partition coefficient (Wildman–Crippen LogP) is 7.71. The second kappa shape index (κ2) is 10.8. The number of anilines is 1. The summed E-state index contributed by atoms with van der Waals surface area (Å²) < 4.78 is 7.98. The number of rotatable bonds is 5. The SMILES string of the molecule is Cc1cc(COc2ccccc2Br)c(C)c(C2C(C#N)=C(N)N(c3ccc(Br)cc3)C3=C2C(=O)CCC3)c1. The van der Waals surface area contributed by atoms with Crippen molar-refractivity contribution in [3.05, 3.63) is 115 Å². The van der Waals surface area contributed by atoms with E-state index in [4.69, 9.17) is 10.5 Å². The lowest BCUT2D eigenvalue weighted by Gasteiger charge is -2.40. The molecule has 0 fully saturated rings. The van der Waals surface area contributed by atoms with Crippen LogP contribution < -0.4 is 15.4 Å². The van der Waals surface area contributed by atoms with Gasteiger partial charge in [0, 0.05) is 27.9 Å². The number of halogens is 2. The normalized spacial score (nSPS) is 17.4. The van der Waals surface area contributed by atoms with Gasteiger partial charge in [-0.15, -0.1) is 0 Å².